The van der Waals surface area contributed by atoms with Gasteiger partial charge in [0, 0.05) is 13.2 Å². The zero-order valence-corrected chi connectivity index (χ0v) is 15.8. The van der Waals surface area contributed by atoms with Gasteiger partial charge in [-0.15, -0.1) is 0 Å². The molecule has 1 atom stereocenters. The second-order valence-corrected chi connectivity index (χ2v) is 6.36. The highest BCUT2D eigenvalue weighted by atomic mass is 35.5. The first-order valence-corrected chi connectivity index (χ1v) is 8.87. The van der Waals surface area contributed by atoms with E-state index in [4.69, 9.17) is 32.4 Å². The highest BCUT2D eigenvalue weighted by Crippen LogP contribution is 2.25. The van der Waals surface area contributed by atoms with Crippen LogP contribution in [0, 0.1) is 0 Å². The van der Waals surface area contributed by atoms with Gasteiger partial charge in [0.25, 0.3) is 5.91 Å². The minimum atomic E-state index is -0.707. The number of amides is 2. The van der Waals surface area contributed by atoms with Crippen LogP contribution in [0.25, 0.3) is 0 Å². The average Bonchev–Trinajstić information content (AvgIpc) is 3.13. The minimum Gasteiger partial charge on any atom is -0.467 e. The molecule has 0 aliphatic rings. The van der Waals surface area contributed by atoms with Gasteiger partial charge in [0.1, 0.15) is 18.4 Å². The number of carbonyl (C=O) groups is 2. The summed E-state index contributed by atoms with van der Waals surface area (Å²) in [4.78, 5) is 24.2. The molecule has 1 aromatic heterocycles. The van der Waals surface area contributed by atoms with Crippen LogP contribution in [0.1, 0.15) is 29.5 Å². The molecule has 0 aliphatic heterocycles. The van der Waals surface area contributed by atoms with E-state index in [1.165, 1.54) is 0 Å². The largest absolute Gasteiger partial charge is 0.467 e. The van der Waals surface area contributed by atoms with Crippen molar-refractivity contribution >= 4 is 35.0 Å². The van der Waals surface area contributed by atoms with Crippen LogP contribution in [0.3, 0.4) is 0 Å². The summed E-state index contributed by atoms with van der Waals surface area (Å²) in [7, 11) is 0. The van der Waals surface area contributed by atoms with E-state index in [9.17, 15) is 9.59 Å². The normalized spacial score (nSPS) is 11.8. The van der Waals surface area contributed by atoms with Crippen molar-refractivity contribution in [2.24, 2.45) is 0 Å². The van der Waals surface area contributed by atoms with Crippen LogP contribution in [0.4, 0.5) is 0 Å². The maximum Gasteiger partial charge on any atom is 0.253 e. The minimum absolute atomic E-state index is 0.160. The second-order valence-electron chi connectivity index (χ2n) is 5.57. The van der Waals surface area contributed by atoms with E-state index in [1.54, 1.807) is 37.5 Å². The van der Waals surface area contributed by atoms with Gasteiger partial charge in [-0.2, -0.15) is 0 Å². The van der Waals surface area contributed by atoms with Gasteiger partial charge in [-0.05, 0) is 37.6 Å². The number of furan rings is 1. The maximum absolute atomic E-state index is 12.2. The Hall–Kier alpha value is -2.02. The van der Waals surface area contributed by atoms with Gasteiger partial charge >= 0.3 is 0 Å². The summed E-state index contributed by atoms with van der Waals surface area (Å²) >= 11 is 11.9. The molecule has 0 spiro atoms. The molecule has 0 aliphatic carbocycles. The van der Waals surface area contributed by atoms with E-state index in [1.807, 2.05) is 6.07 Å². The summed E-state index contributed by atoms with van der Waals surface area (Å²) in [6, 6.07) is 7.68. The van der Waals surface area contributed by atoms with E-state index in [2.05, 4.69) is 10.6 Å². The molecular weight excluding hydrogens is 379 g/mol. The van der Waals surface area contributed by atoms with Gasteiger partial charge in [0.15, 0.2) is 0 Å². The van der Waals surface area contributed by atoms with Gasteiger partial charge in [-0.25, -0.2) is 0 Å². The van der Waals surface area contributed by atoms with Gasteiger partial charge in [0.05, 0.1) is 21.9 Å². The Balaban J connectivity index is 1.67. The number of carbonyl (C=O) groups excluding carboxylic acids is 2. The number of hydrogen-bond donors (Lipinski definition) is 2. The van der Waals surface area contributed by atoms with Crippen LogP contribution in [-0.4, -0.2) is 31.0 Å². The van der Waals surface area contributed by atoms with E-state index in [-0.39, 0.29) is 21.5 Å². The Bertz CT molecular complexity index is 735. The number of benzene rings is 1. The number of halogens is 2. The van der Waals surface area contributed by atoms with Gasteiger partial charge in [-0.3, -0.25) is 9.59 Å². The molecule has 140 valence electrons. The summed E-state index contributed by atoms with van der Waals surface area (Å²) in [6.07, 6.45) is 2.23. The summed E-state index contributed by atoms with van der Waals surface area (Å²) in [5.41, 5.74) is 0.227. The van der Waals surface area contributed by atoms with Gasteiger partial charge in [-0.1, -0.05) is 29.3 Å². The van der Waals surface area contributed by atoms with Crippen LogP contribution in [0.5, 0.6) is 0 Å². The Labute approximate surface area is 161 Å². The van der Waals surface area contributed by atoms with Crippen LogP contribution in [0.15, 0.2) is 41.0 Å². The Kier molecular flexibility index (Phi) is 7.97. The quantitative estimate of drug-likeness (QED) is 0.634. The summed E-state index contributed by atoms with van der Waals surface area (Å²) in [6.45, 7) is 2.92. The molecule has 0 saturated heterocycles. The monoisotopic (exact) mass is 398 g/mol. The lowest BCUT2D eigenvalue weighted by atomic mass is 10.2. The Morgan fingerprint density at radius 2 is 2.04 bits per heavy atom. The van der Waals surface area contributed by atoms with Crippen molar-refractivity contribution in [2.45, 2.75) is 26.0 Å². The van der Waals surface area contributed by atoms with E-state index < -0.39 is 11.9 Å². The molecule has 1 aromatic carbocycles. The molecule has 1 unspecified atom stereocenters. The van der Waals surface area contributed by atoms with Crippen molar-refractivity contribution in [3.63, 3.8) is 0 Å². The van der Waals surface area contributed by atoms with Crippen LogP contribution in [-0.2, 0) is 16.1 Å². The standard InChI is InChI=1S/C18H20Cl2N2O4/c1-12(22-18(24)14-6-2-7-15(19)16(14)20)17(23)21-8-4-9-25-11-13-5-3-10-26-13/h2-3,5-7,10,12H,4,8-9,11H2,1H3,(H,21,23)(H,22,24). The highest BCUT2D eigenvalue weighted by molar-refractivity contribution is 6.43. The lowest BCUT2D eigenvalue weighted by Gasteiger charge is -2.15. The number of rotatable bonds is 9. The van der Waals surface area contributed by atoms with Crippen LogP contribution in [0.2, 0.25) is 10.0 Å². The molecular formula is C18H20Cl2N2O4. The molecule has 0 saturated carbocycles. The lowest BCUT2D eigenvalue weighted by Crippen LogP contribution is -2.45. The molecule has 26 heavy (non-hydrogen) atoms. The summed E-state index contributed by atoms with van der Waals surface area (Å²) in [5.74, 6) is 0.00881. The predicted molar refractivity (Wildman–Crippen MR) is 99.4 cm³/mol. The third-order valence-electron chi connectivity index (χ3n) is 3.53. The van der Waals surface area contributed by atoms with Crippen molar-refractivity contribution in [3.05, 3.63) is 58.0 Å². The first-order valence-electron chi connectivity index (χ1n) is 8.11. The number of hydrogen-bond acceptors (Lipinski definition) is 4. The van der Waals surface area contributed by atoms with Crippen molar-refractivity contribution in [1.29, 1.82) is 0 Å². The fourth-order valence-corrected chi connectivity index (χ4v) is 2.51. The highest BCUT2D eigenvalue weighted by Gasteiger charge is 2.18. The third kappa shape index (κ3) is 6.05. The summed E-state index contributed by atoms with van der Waals surface area (Å²) in [5, 5.41) is 5.78. The van der Waals surface area contributed by atoms with E-state index in [0.29, 0.717) is 26.2 Å². The molecule has 1 heterocycles. The van der Waals surface area contributed by atoms with Crippen molar-refractivity contribution in [3.8, 4) is 0 Å². The number of ether oxygens (including phenoxy) is 1. The maximum atomic E-state index is 12.2. The van der Waals surface area contributed by atoms with E-state index >= 15 is 0 Å². The first-order chi connectivity index (χ1) is 12.5. The SMILES string of the molecule is CC(NC(=O)c1cccc(Cl)c1Cl)C(=O)NCCCOCc1ccco1. The Morgan fingerprint density at radius 1 is 1.23 bits per heavy atom. The second kappa shape index (κ2) is 10.2. The first kappa shape index (κ1) is 20.3. The number of nitrogens with one attached hydrogen (secondary N) is 2. The topological polar surface area (TPSA) is 80.6 Å². The molecule has 8 heteroatoms. The smallest absolute Gasteiger partial charge is 0.253 e. The van der Waals surface area contributed by atoms with Crippen molar-refractivity contribution < 1.29 is 18.7 Å². The van der Waals surface area contributed by atoms with Crippen molar-refractivity contribution in [1.82, 2.24) is 10.6 Å². The van der Waals surface area contributed by atoms with Crippen LogP contribution >= 0.6 is 23.2 Å². The van der Waals surface area contributed by atoms with Crippen molar-refractivity contribution in [2.75, 3.05) is 13.2 Å². The lowest BCUT2D eigenvalue weighted by molar-refractivity contribution is -0.122. The molecule has 0 bridgehead atoms. The predicted octanol–water partition coefficient (Wildman–Crippen LogP) is 3.43. The zero-order valence-electron chi connectivity index (χ0n) is 14.3. The zero-order chi connectivity index (χ0) is 18.9. The van der Waals surface area contributed by atoms with E-state index in [0.717, 1.165) is 5.76 Å². The van der Waals surface area contributed by atoms with Crippen LogP contribution < -0.4 is 10.6 Å². The molecule has 0 fully saturated rings. The average molecular weight is 399 g/mol. The van der Waals surface area contributed by atoms with Gasteiger partial charge < -0.3 is 19.8 Å². The fraction of sp³-hybridized carbons (Fsp3) is 0.333. The molecule has 2 amide bonds. The molecule has 0 radical (unpaired) electrons. The molecule has 2 aromatic rings. The molecule has 6 nitrogen and oxygen atoms in total. The van der Waals surface area contributed by atoms with Gasteiger partial charge in [0.2, 0.25) is 5.91 Å². The molecule has 2 rings (SSSR count). The summed E-state index contributed by atoms with van der Waals surface area (Å²) < 4.78 is 10.6. The third-order valence-corrected chi connectivity index (χ3v) is 4.35. The molecule has 2 N–H and O–H groups in total. The fourth-order valence-electron chi connectivity index (χ4n) is 2.13. The Morgan fingerprint density at radius 3 is 2.77 bits per heavy atom.